The highest BCUT2D eigenvalue weighted by molar-refractivity contribution is 6.23. The number of hydrogen-bond donors (Lipinski definition) is 0. The van der Waals surface area contributed by atoms with Gasteiger partial charge in [0.05, 0.1) is 0 Å². The molecule has 0 radical (unpaired) electrons. The summed E-state index contributed by atoms with van der Waals surface area (Å²) < 4.78 is 6.63. The van der Waals surface area contributed by atoms with Crippen molar-refractivity contribution < 1.29 is 4.42 Å². The molecule has 0 aliphatic carbocycles. The van der Waals surface area contributed by atoms with E-state index in [0.717, 1.165) is 39.0 Å². The maximum Gasteiger partial charge on any atom is 0.136 e. The van der Waals surface area contributed by atoms with E-state index in [1.54, 1.807) is 0 Å². The molecule has 9 rings (SSSR count). The molecule has 0 amide bonds. The van der Waals surface area contributed by atoms with Gasteiger partial charge in [-0.3, -0.25) is 0 Å². The van der Waals surface area contributed by atoms with Gasteiger partial charge in [-0.15, -0.1) is 0 Å². The van der Waals surface area contributed by atoms with Crippen LogP contribution >= 0.6 is 0 Å². The van der Waals surface area contributed by atoms with E-state index in [9.17, 15) is 0 Å². The van der Waals surface area contributed by atoms with Gasteiger partial charge in [0.25, 0.3) is 0 Å². The smallest absolute Gasteiger partial charge is 0.136 e. The van der Waals surface area contributed by atoms with Crippen molar-refractivity contribution in [1.29, 1.82) is 0 Å². The molecule has 0 atom stereocenters. The molecule has 216 valence electrons. The lowest BCUT2D eigenvalue weighted by molar-refractivity contribution is 0.669. The largest absolute Gasteiger partial charge is 0.456 e. The van der Waals surface area contributed by atoms with Crippen molar-refractivity contribution in [2.45, 2.75) is 0 Å². The standard InChI is InChI=1S/C44H29NO/c1-3-12-30(13-4-1)31-22-24-34(25-23-31)45(33-16-5-2-6-17-33)35-26-27-42-41(28-35)44-39-20-10-9-19-38(39)40(29-43(44)46-42)37-21-11-15-32-14-7-8-18-36(32)37/h1-29H. The van der Waals surface area contributed by atoms with E-state index in [1.165, 1.54) is 43.8 Å². The Labute approximate surface area is 267 Å². The number of para-hydroxylation sites is 1. The molecule has 0 aliphatic rings. The van der Waals surface area contributed by atoms with Gasteiger partial charge in [-0.25, -0.2) is 0 Å². The predicted molar refractivity (Wildman–Crippen MR) is 194 cm³/mol. The number of nitrogens with zero attached hydrogens (tertiary/aromatic N) is 1. The molecule has 0 spiro atoms. The van der Waals surface area contributed by atoms with Crippen molar-refractivity contribution in [2.75, 3.05) is 4.90 Å². The van der Waals surface area contributed by atoms with Crippen LogP contribution in [0, 0.1) is 0 Å². The molecule has 0 fully saturated rings. The monoisotopic (exact) mass is 587 g/mol. The predicted octanol–water partition coefficient (Wildman–Crippen LogP) is 12.7. The normalized spacial score (nSPS) is 11.5. The summed E-state index contributed by atoms with van der Waals surface area (Å²) in [6, 6.07) is 62.6. The van der Waals surface area contributed by atoms with Crippen LogP contribution in [0.25, 0.3) is 65.7 Å². The van der Waals surface area contributed by atoms with Gasteiger partial charge in [0, 0.05) is 27.8 Å². The van der Waals surface area contributed by atoms with Crippen molar-refractivity contribution in [3.8, 4) is 22.3 Å². The topological polar surface area (TPSA) is 16.4 Å². The summed E-state index contributed by atoms with van der Waals surface area (Å²) in [4.78, 5) is 2.32. The average molecular weight is 588 g/mol. The summed E-state index contributed by atoms with van der Waals surface area (Å²) >= 11 is 0. The Morgan fingerprint density at radius 1 is 0.348 bits per heavy atom. The first-order valence-electron chi connectivity index (χ1n) is 15.7. The van der Waals surface area contributed by atoms with Gasteiger partial charge >= 0.3 is 0 Å². The molecule has 1 heterocycles. The molecule has 2 heteroatoms. The minimum atomic E-state index is 0.881. The summed E-state index contributed by atoms with van der Waals surface area (Å²) in [6.07, 6.45) is 0. The molecule has 2 nitrogen and oxygen atoms in total. The quantitative estimate of drug-likeness (QED) is 0.199. The Morgan fingerprint density at radius 3 is 1.76 bits per heavy atom. The maximum atomic E-state index is 6.63. The lowest BCUT2D eigenvalue weighted by Gasteiger charge is -2.25. The van der Waals surface area contributed by atoms with Crippen molar-refractivity contribution in [3.63, 3.8) is 0 Å². The molecular formula is C44H29NO. The van der Waals surface area contributed by atoms with Gasteiger partial charge in [-0.1, -0.05) is 127 Å². The second-order valence-corrected chi connectivity index (χ2v) is 11.7. The fourth-order valence-corrected chi connectivity index (χ4v) is 6.91. The molecule has 1 aromatic heterocycles. The van der Waals surface area contributed by atoms with Crippen LogP contribution in [0.4, 0.5) is 17.1 Å². The van der Waals surface area contributed by atoms with Gasteiger partial charge in [0.1, 0.15) is 11.2 Å². The van der Waals surface area contributed by atoms with E-state index in [4.69, 9.17) is 4.42 Å². The van der Waals surface area contributed by atoms with Crippen LogP contribution in [0.1, 0.15) is 0 Å². The number of rotatable bonds is 5. The molecule has 0 N–H and O–H groups in total. The zero-order valence-corrected chi connectivity index (χ0v) is 25.1. The molecular weight excluding hydrogens is 558 g/mol. The molecule has 0 saturated heterocycles. The van der Waals surface area contributed by atoms with E-state index in [0.29, 0.717) is 0 Å². The van der Waals surface area contributed by atoms with Gasteiger partial charge in [-0.2, -0.15) is 0 Å². The van der Waals surface area contributed by atoms with Crippen molar-refractivity contribution in [1.82, 2.24) is 0 Å². The Hall–Kier alpha value is -6.12. The zero-order chi connectivity index (χ0) is 30.5. The third kappa shape index (κ3) is 4.35. The van der Waals surface area contributed by atoms with E-state index < -0.39 is 0 Å². The van der Waals surface area contributed by atoms with Crippen molar-refractivity contribution in [3.05, 3.63) is 176 Å². The third-order valence-corrected chi connectivity index (χ3v) is 9.05. The number of furan rings is 1. The van der Waals surface area contributed by atoms with Gasteiger partial charge in [-0.05, 0) is 92.3 Å². The maximum absolute atomic E-state index is 6.63. The van der Waals surface area contributed by atoms with E-state index in [-0.39, 0.29) is 0 Å². The molecule has 0 bridgehead atoms. The first-order valence-corrected chi connectivity index (χ1v) is 15.7. The third-order valence-electron chi connectivity index (χ3n) is 9.05. The first-order chi connectivity index (χ1) is 22.8. The number of benzene rings is 8. The summed E-state index contributed by atoms with van der Waals surface area (Å²) in [7, 11) is 0. The van der Waals surface area contributed by atoms with E-state index in [2.05, 4.69) is 181 Å². The first kappa shape index (κ1) is 26.3. The molecule has 0 aliphatic heterocycles. The van der Waals surface area contributed by atoms with Crippen LogP contribution in [-0.2, 0) is 0 Å². The average Bonchev–Trinajstić information content (AvgIpc) is 3.50. The van der Waals surface area contributed by atoms with E-state index in [1.807, 2.05) is 0 Å². The SMILES string of the molecule is c1ccc(-c2ccc(N(c3ccccc3)c3ccc4oc5cc(-c6cccc7ccccc67)c6ccccc6c5c4c3)cc2)cc1. The summed E-state index contributed by atoms with van der Waals surface area (Å²) in [5.41, 5.74) is 9.86. The van der Waals surface area contributed by atoms with Gasteiger partial charge in [0.15, 0.2) is 0 Å². The molecule has 9 aromatic rings. The fourth-order valence-electron chi connectivity index (χ4n) is 6.91. The summed E-state index contributed by atoms with van der Waals surface area (Å²) in [6.45, 7) is 0. The number of hydrogen-bond acceptors (Lipinski definition) is 2. The minimum absolute atomic E-state index is 0.881. The number of anilines is 3. The van der Waals surface area contributed by atoms with Crippen LogP contribution in [0.3, 0.4) is 0 Å². The fraction of sp³-hybridized carbons (Fsp3) is 0. The molecule has 46 heavy (non-hydrogen) atoms. The van der Waals surface area contributed by atoms with Gasteiger partial charge in [0.2, 0.25) is 0 Å². The summed E-state index contributed by atoms with van der Waals surface area (Å²) in [5.74, 6) is 0. The van der Waals surface area contributed by atoms with Crippen molar-refractivity contribution >= 4 is 60.5 Å². The molecule has 8 aromatic carbocycles. The Bertz CT molecular complexity index is 2510. The van der Waals surface area contributed by atoms with Crippen LogP contribution in [0.5, 0.6) is 0 Å². The lowest BCUT2D eigenvalue weighted by Crippen LogP contribution is -2.09. The highest BCUT2D eigenvalue weighted by atomic mass is 16.3. The van der Waals surface area contributed by atoms with Crippen LogP contribution in [0.2, 0.25) is 0 Å². The second kappa shape index (κ2) is 10.8. The number of fused-ring (bicyclic) bond motifs is 6. The summed E-state index contributed by atoms with van der Waals surface area (Å²) in [5, 5.41) is 7.13. The molecule has 0 unspecified atom stereocenters. The zero-order valence-electron chi connectivity index (χ0n) is 25.1. The Morgan fingerprint density at radius 2 is 0.957 bits per heavy atom. The second-order valence-electron chi connectivity index (χ2n) is 11.7. The van der Waals surface area contributed by atoms with Crippen LogP contribution in [0.15, 0.2) is 180 Å². The van der Waals surface area contributed by atoms with Crippen LogP contribution < -0.4 is 4.90 Å². The van der Waals surface area contributed by atoms with E-state index >= 15 is 0 Å². The van der Waals surface area contributed by atoms with Crippen molar-refractivity contribution in [2.24, 2.45) is 0 Å². The Kier molecular flexibility index (Phi) is 6.17. The highest BCUT2D eigenvalue weighted by Crippen LogP contribution is 2.44. The highest BCUT2D eigenvalue weighted by Gasteiger charge is 2.19. The lowest BCUT2D eigenvalue weighted by atomic mass is 9.92. The van der Waals surface area contributed by atoms with Gasteiger partial charge < -0.3 is 9.32 Å². The minimum Gasteiger partial charge on any atom is -0.456 e. The molecule has 0 saturated carbocycles. The Balaban J connectivity index is 1.24. The van der Waals surface area contributed by atoms with Crippen LogP contribution in [-0.4, -0.2) is 0 Å².